The monoisotopic (exact) mass is 273 g/mol. The fraction of sp³-hybridized carbons (Fsp3) is 0.824. The van der Waals surface area contributed by atoms with Crippen LogP contribution < -0.4 is 5.73 Å². The number of nitrogens with one attached hydrogen (secondary N) is 1. The Hall–Kier alpha value is -0.990. The fourth-order valence-electron chi connectivity index (χ4n) is 6.33. The summed E-state index contributed by atoms with van der Waals surface area (Å²) in [7, 11) is 0. The first-order valence-corrected chi connectivity index (χ1v) is 8.37. The summed E-state index contributed by atoms with van der Waals surface area (Å²) < 4.78 is 0. The molecule has 0 radical (unpaired) electrons. The number of anilines is 1. The first-order valence-electron chi connectivity index (χ1n) is 8.37. The number of nitrogens with two attached hydrogens (primary N) is 1. The van der Waals surface area contributed by atoms with Crippen molar-refractivity contribution < 1.29 is 0 Å². The summed E-state index contributed by atoms with van der Waals surface area (Å²) in [5.74, 6) is 2.64. The van der Waals surface area contributed by atoms with Crippen LogP contribution in [0.1, 0.15) is 70.1 Å². The summed E-state index contributed by atoms with van der Waals surface area (Å²) in [5.41, 5.74) is 9.83. The molecule has 4 saturated carbocycles. The predicted molar refractivity (Wildman–Crippen MR) is 81.5 cm³/mol. The van der Waals surface area contributed by atoms with Gasteiger partial charge in [-0.15, -0.1) is 0 Å². The average Bonchev–Trinajstić information content (AvgIpc) is 2.69. The van der Waals surface area contributed by atoms with Crippen LogP contribution in [0.4, 0.5) is 5.82 Å². The van der Waals surface area contributed by atoms with Crippen molar-refractivity contribution in [3.8, 4) is 0 Å². The molecule has 0 aliphatic heterocycles. The Morgan fingerprint density at radius 1 is 1.25 bits per heavy atom. The summed E-state index contributed by atoms with van der Waals surface area (Å²) in [6, 6.07) is 0. The minimum atomic E-state index is 0.369. The smallest absolute Gasteiger partial charge is 0.148 e. The lowest BCUT2D eigenvalue weighted by Gasteiger charge is -2.61. The molecule has 3 heteroatoms. The van der Waals surface area contributed by atoms with Crippen LogP contribution in [0.15, 0.2) is 0 Å². The standard InChI is InChI=1S/C17H27N3/c1-3-4-13-14(19-20-15(13)18)17-8-11-5-12(9-17)7-16(2,6-11)10-17/h11-12H,3-10H2,1-2H3,(H3,18,19,20). The lowest BCUT2D eigenvalue weighted by Crippen LogP contribution is -2.53. The summed E-state index contributed by atoms with van der Waals surface area (Å²) in [6.45, 7) is 4.76. The van der Waals surface area contributed by atoms with Crippen molar-refractivity contribution in [3.63, 3.8) is 0 Å². The van der Waals surface area contributed by atoms with Crippen molar-refractivity contribution in [1.29, 1.82) is 0 Å². The third-order valence-electron chi connectivity index (χ3n) is 6.28. The van der Waals surface area contributed by atoms with Gasteiger partial charge < -0.3 is 5.73 Å². The van der Waals surface area contributed by atoms with Crippen LogP contribution in [0.2, 0.25) is 0 Å². The molecule has 1 heterocycles. The third-order valence-corrected chi connectivity index (χ3v) is 6.28. The van der Waals surface area contributed by atoms with E-state index in [1.807, 2.05) is 0 Å². The van der Waals surface area contributed by atoms with E-state index in [1.54, 1.807) is 0 Å². The van der Waals surface area contributed by atoms with Crippen LogP contribution in [0.25, 0.3) is 0 Å². The molecule has 0 amide bonds. The van der Waals surface area contributed by atoms with Gasteiger partial charge in [-0.2, -0.15) is 5.10 Å². The molecular weight excluding hydrogens is 246 g/mol. The molecule has 5 rings (SSSR count). The number of rotatable bonds is 3. The first kappa shape index (κ1) is 12.7. The van der Waals surface area contributed by atoms with Gasteiger partial charge in [-0.3, -0.25) is 5.10 Å². The van der Waals surface area contributed by atoms with Crippen molar-refractivity contribution in [2.24, 2.45) is 17.3 Å². The van der Waals surface area contributed by atoms with Gasteiger partial charge in [0.25, 0.3) is 0 Å². The number of nitrogens with zero attached hydrogens (tertiary/aromatic N) is 1. The van der Waals surface area contributed by atoms with E-state index in [0.717, 1.165) is 30.5 Å². The summed E-state index contributed by atoms with van der Waals surface area (Å²) in [5, 5.41) is 7.73. The SMILES string of the molecule is CCCc1c(N)n[nH]c1C12CC3CC(CC(C)(C3)C1)C2. The second-order valence-corrected chi connectivity index (χ2v) is 8.26. The number of hydrogen-bond donors (Lipinski definition) is 2. The largest absolute Gasteiger partial charge is 0.382 e. The number of aromatic nitrogens is 2. The zero-order chi connectivity index (χ0) is 14.0. The number of nitrogen functional groups attached to an aromatic ring is 1. The maximum Gasteiger partial charge on any atom is 0.148 e. The van der Waals surface area contributed by atoms with Gasteiger partial charge in [0, 0.05) is 16.7 Å². The topological polar surface area (TPSA) is 54.7 Å². The van der Waals surface area contributed by atoms with Crippen LogP contribution in [0, 0.1) is 17.3 Å². The van der Waals surface area contributed by atoms with E-state index in [9.17, 15) is 0 Å². The molecule has 4 aliphatic rings. The Labute approximate surface area is 121 Å². The van der Waals surface area contributed by atoms with Crippen molar-refractivity contribution in [3.05, 3.63) is 11.3 Å². The highest BCUT2D eigenvalue weighted by Gasteiger charge is 2.57. The zero-order valence-electron chi connectivity index (χ0n) is 12.8. The quantitative estimate of drug-likeness (QED) is 0.880. The van der Waals surface area contributed by atoms with Gasteiger partial charge in [-0.1, -0.05) is 20.3 Å². The first-order chi connectivity index (χ1) is 9.54. The van der Waals surface area contributed by atoms with Gasteiger partial charge >= 0.3 is 0 Å². The molecule has 20 heavy (non-hydrogen) atoms. The minimum Gasteiger partial charge on any atom is -0.382 e. The molecule has 3 nitrogen and oxygen atoms in total. The van der Waals surface area contributed by atoms with Gasteiger partial charge in [0.15, 0.2) is 0 Å². The summed E-state index contributed by atoms with van der Waals surface area (Å²) in [6.07, 6.45) is 10.7. The second kappa shape index (κ2) is 4.02. The number of H-pyrrole nitrogens is 1. The molecular formula is C17H27N3. The van der Waals surface area contributed by atoms with Gasteiger partial charge in [0.05, 0.1) is 0 Å². The molecule has 0 aromatic carbocycles. The summed E-state index contributed by atoms with van der Waals surface area (Å²) in [4.78, 5) is 0. The van der Waals surface area contributed by atoms with Crippen LogP contribution in [0.5, 0.6) is 0 Å². The van der Waals surface area contributed by atoms with E-state index in [1.165, 1.54) is 49.8 Å². The molecule has 2 atom stereocenters. The molecule has 3 N–H and O–H groups in total. The predicted octanol–water partition coefficient (Wildman–Crippen LogP) is 3.80. The van der Waals surface area contributed by atoms with Crippen LogP contribution in [0.3, 0.4) is 0 Å². The molecule has 1 aromatic rings. The normalized spacial score (nSPS) is 42.3. The lowest BCUT2D eigenvalue weighted by atomic mass is 9.44. The fourth-order valence-corrected chi connectivity index (χ4v) is 6.33. The van der Waals surface area contributed by atoms with Gasteiger partial charge in [-0.05, 0) is 62.2 Å². The van der Waals surface area contributed by atoms with E-state index in [2.05, 4.69) is 24.0 Å². The van der Waals surface area contributed by atoms with Crippen molar-refractivity contribution in [2.45, 2.75) is 70.6 Å². The third kappa shape index (κ3) is 1.68. The van der Waals surface area contributed by atoms with Gasteiger partial charge in [0.1, 0.15) is 5.82 Å². The molecule has 0 spiro atoms. The van der Waals surface area contributed by atoms with Crippen molar-refractivity contribution in [1.82, 2.24) is 10.2 Å². The Bertz CT molecular complexity index is 516. The minimum absolute atomic E-state index is 0.369. The molecule has 110 valence electrons. The van der Waals surface area contributed by atoms with Crippen LogP contribution in [-0.2, 0) is 11.8 Å². The maximum atomic E-state index is 6.14. The van der Waals surface area contributed by atoms with E-state index < -0.39 is 0 Å². The average molecular weight is 273 g/mol. The highest BCUT2D eigenvalue weighted by atomic mass is 15.2. The van der Waals surface area contributed by atoms with Gasteiger partial charge in [0.2, 0.25) is 0 Å². The molecule has 4 fully saturated rings. The lowest BCUT2D eigenvalue weighted by molar-refractivity contribution is -0.0634. The molecule has 4 bridgehead atoms. The number of hydrogen-bond acceptors (Lipinski definition) is 2. The zero-order valence-corrected chi connectivity index (χ0v) is 12.8. The van der Waals surface area contributed by atoms with Crippen LogP contribution >= 0.6 is 0 Å². The Morgan fingerprint density at radius 2 is 1.95 bits per heavy atom. The Kier molecular flexibility index (Phi) is 2.56. The van der Waals surface area contributed by atoms with Crippen molar-refractivity contribution in [2.75, 3.05) is 5.73 Å². The molecule has 1 aromatic heterocycles. The van der Waals surface area contributed by atoms with Crippen LogP contribution in [-0.4, -0.2) is 10.2 Å². The molecule has 2 unspecified atom stereocenters. The van der Waals surface area contributed by atoms with E-state index in [4.69, 9.17) is 5.73 Å². The number of aromatic amines is 1. The highest BCUT2D eigenvalue weighted by molar-refractivity contribution is 5.46. The van der Waals surface area contributed by atoms with E-state index in [-0.39, 0.29) is 0 Å². The molecule has 4 aliphatic carbocycles. The highest BCUT2D eigenvalue weighted by Crippen LogP contribution is 2.65. The maximum absolute atomic E-state index is 6.14. The summed E-state index contributed by atoms with van der Waals surface area (Å²) >= 11 is 0. The Morgan fingerprint density at radius 3 is 2.55 bits per heavy atom. The van der Waals surface area contributed by atoms with E-state index >= 15 is 0 Å². The molecule has 0 saturated heterocycles. The Balaban J connectivity index is 1.78. The van der Waals surface area contributed by atoms with Crippen molar-refractivity contribution >= 4 is 5.82 Å². The van der Waals surface area contributed by atoms with Gasteiger partial charge in [-0.25, -0.2) is 0 Å². The van der Waals surface area contributed by atoms with E-state index in [0.29, 0.717) is 10.8 Å². The second-order valence-electron chi connectivity index (χ2n) is 8.26.